The fourth-order valence-corrected chi connectivity index (χ4v) is 5.34. The number of hydrogen-bond acceptors (Lipinski definition) is 5. The van der Waals surface area contributed by atoms with Gasteiger partial charge in [0.1, 0.15) is 5.82 Å². The highest BCUT2D eigenvalue weighted by Crippen LogP contribution is 2.23. The van der Waals surface area contributed by atoms with E-state index in [1.165, 1.54) is 6.07 Å². The normalized spacial score (nSPS) is 20.1. The third kappa shape index (κ3) is 3.60. The quantitative estimate of drug-likeness (QED) is 0.844. The molecule has 1 heterocycles. The molecule has 1 aromatic carbocycles. The van der Waals surface area contributed by atoms with Crippen molar-refractivity contribution in [3.8, 4) is 0 Å². The Hall–Kier alpha value is -1.03. The van der Waals surface area contributed by atoms with Crippen LogP contribution in [0.3, 0.4) is 0 Å². The van der Waals surface area contributed by atoms with Gasteiger partial charge in [0.25, 0.3) is 0 Å². The van der Waals surface area contributed by atoms with Crippen LogP contribution in [0.2, 0.25) is 0 Å². The lowest BCUT2D eigenvalue weighted by Crippen LogP contribution is -2.34. The van der Waals surface area contributed by atoms with Crippen LogP contribution in [0.1, 0.15) is 12.0 Å². The van der Waals surface area contributed by atoms with Crippen molar-refractivity contribution in [1.82, 2.24) is 4.31 Å². The van der Waals surface area contributed by atoms with Crippen molar-refractivity contribution in [2.45, 2.75) is 17.9 Å². The molecule has 0 unspecified atom stereocenters. The van der Waals surface area contributed by atoms with Crippen LogP contribution < -0.4 is 5.73 Å². The molecule has 1 fully saturated rings. The van der Waals surface area contributed by atoms with Crippen LogP contribution >= 0.6 is 0 Å². The first-order chi connectivity index (χ1) is 9.76. The first kappa shape index (κ1) is 16.3. The summed E-state index contributed by atoms with van der Waals surface area (Å²) in [5.74, 6) is -0.931. The van der Waals surface area contributed by atoms with E-state index in [2.05, 4.69) is 0 Å². The summed E-state index contributed by atoms with van der Waals surface area (Å²) in [6.07, 6.45) is 0.231. The molecule has 118 valence electrons. The minimum absolute atomic E-state index is 0.0358. The molecule has 0 radical (unpaired) electrons. The van der Waals surface area contributed by atoms with Crippen LogP contribution in [0, 0.1) is 5.82 Å². The van der Waals surface area contributed by atoms with Gasteiger partial charge in [0.2, 0.25) is 10.0 Å². The smallest absolute Gasteiger partial charge is 0.243 e. The van der Waals surface area contributed by atoms with Crippen molar-refractivity contribution in [1.29, 1.82) is 0 Å². The van der Waals surface area contributed by atoms with E-state index in [1.54, 1.807) is 0 Å². The van der Waals surface area contributed by atoms with Gasteiger partial charge in [-0.15, -0.1) is 0 Å². The molecule has 0 amide bonds. The number of nitrogens with zero attached hydrogens (tertiary/aromatic N) is 1. The second-order valence-corrected chi connectivity index (χ2v) is 9.08. The van der Waals surface area contributed by atoms with E-state index in [9.17, 15) is 21.2 Å². The van der Waals surface area contributed by atoms with E-state index < -0.39 is 25.7 Å². The second-order valence-electron chi connectivity index (χ2n) is 4.87. The monoisotopic (exact) mass is 336 g/mol. The molecule has 21 heavy (non-hydrogen) atoms. The Bertz CT molecular complexity index is 732. The minimum Gasteiger partial charge on any atom is -0.326 e. The number of rotatable bonds is 3. The lowest BCUT2D eigenvalue weighted by atomic mass is 10.2. The fourth-order valence-electron chi connectivity index (χ4n) is 2.23. The third-order valence-electron chi connectivity index (χ3n) is 3.38. The molecule has 0 aliphatic carbocycles. The minimum atomic E-state index is -3.95. The van der Waals surface area contributed by atoms with Gasteiger partial charge in [-0.1, -0.05) is 6.07 Å². The van der Waals surface area contributed by atoms with E-state index in [-0.39, 0.29) is 42.5 Å². The Labute approximate surface area is 123 Å². The molecular weight excluding hydrogens is 319 g/mol. The number of nitrogens with two attached hydrogens (primary N) is 1. The van der Waals surface area contributed by atoms with Crippen molar-refractivity contribution in [2.24, 2.45) is 5.73 Å². The van der Waals surface area contributed by atoms with Gasteiger partial charge in [0.15, 0.2) is 9.84 Å². The van der Waals surface area contributed by atoms with E-state index in [0.717, 1.165) is 16.4 Å². The Morgan fingerprint density at radius 1 is 1.24 bits per heavy atom. The summed E-state index contributed by atoms with van der Waals surface area (Å²) in [5, 5.41) is 0. The van der Waals surface area contributed by atoms with Crippen molar-refractivity contribution >= 4 is 19.9 Å². The average Bonchev–Trinajstić information content (AvgIpc) is 2.60. The molecule has 9 heteroatoms. The van der Waals surface area contributed by atoms with Crippen molar-refractivity contribution in [3.63, 3.8) is 0 Å². The molecule has 0 aromatic heterocycles. The topological polar surface area (TPSA) is 97.5 Å². The maximum Gasteiger partial charge on any atom is 0.243 e. The van der Waals surface area contributed by atoms with Gasteiger partial charge in [-0.3, -0.25) is 0 Å². The molecular formula is C12H17FN2O4S2. The van der Waals surface area contributed by atoms with Crippen molar-refractivity contribution in [2.75, 3.05) is 24.6 Å². The summed E-state index contributed by atoms with van der Waals surface area (Å²) in [5.41, 5.74) is 5.81. The summed E-state index contributed by atoms with van der Waals surface area (Å²) in [4.78, 5) is -0.190. The Morgan fingerprint density at radius 3 is 2.62 bits per heavy atom. The highest BCUT2D eigenvalue weighted by atomic mass is 32.2. The van der Waals surface area contributed by atoms with Gasteiger partial charge in [0, 0.05) is 19.6 Å². The molecule has 0 atom stereocenters. The zero-order valence-corrected chi connectivity index (χ0v) is 13.0. The first-order valence-electron chi connectivity index (χ1n) is 6.45. The van der Waals surface area contributed by atoms with Crippen molar-refractivity contribution in [3.05, 3.63) is 29.6 Å². The molecule has 1 saturated heterocycles. The van der Waals surface area contributed by atoms with Gasteiger partial charge in [-0.25, -0.2) is 21.2 Å². The Morgan fingerprint density at radius 2 is 1.95 bits per heavy atom. The molecule has 2 N–H and O–H groups in total. The number of sulfonamides is 1. The largest absolute Gasteiger partial charge is 0.326 e. The van der Waals surface area contributed by atoms with Crippen molar-refractivity contribution < 1.29 is 21.2 Å². The summed E-state index contributed by atoms with van der Waals surface area (Å²) < 4.78 is 62.7. The molecule has 1 aromatic rings. The first-order valence-corrected chi connectivity index (χ1v) is 9.71. The van der Waals surface area contributed by atoms with Gasteiger partial charge in [0.05, 0.1) is 16.4 Å². The van der Waals surface area contributed by atoms with E-state index in [0.29, 0.717) is 5.56 Å². The highest BCUT2D eigenvalue weighted by Gasteiger charge is 2.30. The van der Waals surface area contributed by atoms with Gasteiger partial charge in [-0.2, -0.15) is 4.31 Å². The number of hydrogen-bond donors (Lipinski definition) is 1. The van der Waals surface area contributed by atoms with E-state index in [1.807, 2.05) is 0 Å². The van der Waals surface area contributed by atoms with Crippen LogP contribution in [-0.2, 0) is 26.4 Å². The van der Waals surface area contributed by atoms with Gasteiger partial charge in [-0.05, 0) is 24.1 Å². The number of halogens is 1. The zero-order valence-electron chi connectivity index (χ0n) is 11.3. The molecule has 0 spiro atoms. The predicted molar refractivity (Wildman–Crippen MR) is 76.3 cm³/mol. The fraction of sp³-hybridized carbons (Fsp3) is 0.500. The molecule has 0 saturated carbocycles. The summed E-state index contributed by atoms with van der Waals surface area (Å²) in [6, 6.07) is 3.40. The second kappa shape index (κ2) is 5.99. The van der Waals surface area contributed by atoms with Gasteiger partial charge < -0.3 is 5.73 Å². The summed E-state index contributed by atoms with van der Waals surface area (Å²) in [6.45, 7) is -0.0612. The standard InChI is InChI=1S/C12H17FN2O4S2/c13-11-3-2-10(9-14)12(8-11)21(18,19)15-4-1-6-20(16,17)7-5-15/h2-3,8H,1,4-7,9,14H2. The lowest BCUT2D eigenvalue weighted by molar-refractivity contribution is 0.433. The summed E-state index contributed by atoms with van der Waals surface area (Å²) in [7, 11) is -7.18. The third-order valence-corrected chi connectivity index (χ3v) is 7.08. The van der Waals surface area contributed by atoms with Crippen LogP contribution in [0.4, 0.5) is 4.39 Å². The molecule has 1 aliphatic rings. The van der Waals surface area contributed by atoms with E-state index in [4.69, 9.17) is 5.73 Å². The molecule has 6 nitrogen and oxygen atoms in total. The maximum atomic E-state index is 13.4. The lowest BCUT2D eigenvalue weighted by Gasteiger charge is -2.21. The van der Waals surface area contributed by atoms with Crippen LogP contribution in [0.25, 0.3) is 0 Å². The SMILES string of the molecule is NCc1ccc(F)cc1S(=O)(=O)N1CCCS(=O)(=O)CC1. The average molecular weight is 336 g/mol. The molecule has 0 bridgehead atoms. The maximum absolute atomic E-state index is 13.4. The van der Waals surface area contributed by atoms with E-state index >= 15 is 0 Å². The highest BCUT2D eigenvalue weighted by molar-refractivity contribution is 7.91. The Kier molecular flexibility index (Phi) is 4.66. The predicted octanol–water partition coefficient (Wildman–Crippen LogP) is 0.0936. The zero-order chi connectivity index (χ0) is 15.7. The number of benzene rings is 1. The van der Waals surface area contributed by atoms with Crippen LogP contribution in [0.15, 0.2) is 23.1 Å². The Balaban J connectivity index is 2.40. The number of sulfone groups is 1. The molecule has 2 rings (SSSR count). The van der Waals surface area contributed by atoms with Crippen LogP contribution in [-0.4, -0.2) is 45.7 Å². The van der Waals surface area contributed by atoms with Gasteiger partial charge >= 0.3 is 0 Å². The summed E-state index contributed by atoms with van der Waals surface area (Å²) >= 11 is 0. The molecule has 1 aliphatic heterocycles. The van der Waals surface area contributed by atoms with Crippen LogP contribution in [0.5, 0.6) is 0 Å².